The van der Waals surface area contributed by atoms with Crippen molar-refractivity contribution < 1.29 is 19.6 Å². The van der Waals surface area contributed by atoms with Gasteiger partial charge in [-0.05, 0) is 19.4 Å². The number of hydrogen-bond donors (Lipinski definition) is 2. The summed E-state index contributed by atoms with van der Waals surface area (Å²) >= 11 is 0. The van der Waals surface area contributed by atoms with Gasteiger partial charge in [-0.2, -0.15) is 0 Å². The third-order valence-corrected chi connectivity index (χ3v) is 3.50. The first-order valence-electron chi connectivity index (χ1n) is 7.85. The van der Waals surface area contributed by atoms with E-state index in [1.807, 2.05) is 6.92 Å². The predicted octanol–water partition coefficient (Wildman–Crippen LogP) is 1.33. The highest BCUT2D eigenvalue weighted by Gasteiger charge is 2.22. The van der Waals surface area contributed by atoms with Crippen LogP contribution in [0.5, 0.6) is 0 Å². The van der Waals surface area contributed by atoms with Crippen molar-refractivity contribution in [2.75, 3.05) is 19.7 Å². The van der Waals surface area contributed by atoms with E-state index in [4.69, 9.17) is 5.11 Å². The maximum Gasteiger partial charge on any atom is 0.270 e. The second-order valence-corrected chi connectivity index (χ2v) is 5.41. The topological polar surface area (TPSA) is 113 Å². The largest absolute Gasteiger partial charge is 0.395 e. The third-order valence-electron chi connectivity index (χ3n) is 3.50. The number of hydrogen-bond acceptors (Lipinski definition) is 5. The summed E-state index contributed by atoms with van der Waals surface area (Å²) in [6.07, 6.45) is 1.71. The van der Waals surface area contributed by atoms with E-state index in [0.29, 0.717) is 6.54 Å². The number of aliphatic hydroxyl groups excluding tert-OH is 1. The van der Waals surface area contributed by atoms with Crippen molar-refractivity contribution in [3.8, 4) is 0 Å². The number of amides is 2. The Morgan fingerprint density at radius 2 is 2.08 bits per heavy atom. The molecule has 0 bridgehead atoms. The minimum atomic E-state index is -0.792. The van der Waals surface area contributed by atoms with Crippen molar-refractivity contribution >= 4 is 17.5 Å². The lowest BCUT2D eigenvalue weighted by Crippen LogP contribution is -2.48. The number of nitrogens with zero attached hydrogens (tertiary/aromatic N) is 2. The Labute approximate surface area is 140 Å². The number of rotatable bonds is 9. The highest BCUT2D eigenvalue weighted by molar-refractivity contribution is 5.97. The van der Waals surface area contributed by atoms with Crippen LogP contribution in [0.25, 0.3) is 0 Å². The lowest BCUT2D eigenvalue weighted by atomic mass is 10.1. The molecule has 0 aliphatic carbocycles. The molecule has 0 spiro atoms. The van der Waals surface area contributed by atoms with E-state index in [1.165, 1.54) is 23.1 Å². The summed E-state index contributed by atoms with van der Waals surface area (Å²) in [7, 11) is 0. The van der Waals surface area contributed by atoms with Crippen LogP contribution in [0.4, 0.5) is 5.69 Å². The fourth-order valence-corrected chi connectivity index (χ4v) is 2.18. The van der Waals surface area contributed by atoms with Gasteiger partial charge < -0.3 is 15.3 Å². The van der Waals surface area contributed by atoms with Crippen molar-refractivity contribution in [2.45, 2.75) is 32.7 Å². The lowest BCUT2D eigenvalue weighted by Gasteiger charge is -2.25. The van der Waals surface area contributed by atoms with Gasteiger partial charge in [-0.15, -0.1) is 0 Å². The van der Waals surface area contributed by atoms with Crippen molar-refractivity contribution in [3.63, 3.8) is 0 Å². The van der Waals surface area contributed by atoms with Crippen LogP contribution in [0.1, 0.15) is 37.0 Å². The third kappa shape index (κ3) is 5.62. The van der Waals surface area contributed by atoms with Crippen molar-refractivity contribution in [2.24, 2.45) is 0 Å². The molecule has 0 aliphatic rings. The summed E-state index contributed by atoms with van der Waals surface area (Å²) in [5.74, 6) is -0.852. The van der Waals surface area contributed by atoms with Crippen LogP contribution in [-0.2, 0) is 4.79 Å². The number of nitrogens with one attached hydrogen (secondary N) is 1. The molecule has 2 N–H and O–H groups in total. The standard InChI is InChI=1S/C16H23N3O5/c1-3-4-8-18(9-10-20)16(22)12(2)17-15(21)13-6-5-7-14(11-13)19(23)24/h5-7,11-12,20H,3-4,8-10H2,1-2H3,(H,17,21). The summed E-state index contributed by atoms with van der Waals surface area (Å²) in [5, 5.41) is 22.4. The summed E-state index contributed by atoms with van der Waals surface area (Å²) in [5.41, 5.74) is -0.0717. The molecule has 8 heteroatoms. The molecule has 8 nitrogen and oxygen atoms in total. The number of unbranched alkanes of at least 4 members (excludes halogenated alkanes) is 1. The minimum Gasteiger partial charge on any atom is -0.395 e. The summed E-state index contributed by atoms with van der Waals surface area (Å²) in [6.45, 7) is 4.10. The zero-order valence-corrected chi connectivity index (χ0v) is 13.9. The fourth-order valence-electron chi connectivity index (χ4n) is 2.18. The van der Waals surface area contributed by atoms with Gasteiger partial charge in [0, 0.05) is 30.8 Å². The quantitative estimate of drug-likeness (QED) is 0.521. The monoisotopic (exact) mass is 337 g/mol. The molecule has 2 amide bonds. The van der Waals surface area contributed by atoms with E-state index in [2.05, 4.69) is 5.32 Å². The van der Waals surface area contributed by atoms with Crippen LogP contribution in [-0.4, -0.2) is 52.5 Å². The maximum absolute atomic E-state index is 12.4. The van der Waals surface area contributed by atoms with Gasteiger partial charge in [-0.3, -0.25) is 19.7 Å². The molecule has 0 saturated heterocycles. The van der Waals surface area contributed by atoms with E-state index >= 15 is 0 Å². The van der Waals surface area contributed by atoms with Gasteiger partial charge in [0.05, 0.1) is 11.5 Å². The van der Waals surface area contributed by atoms with Gasteiger partial charge in [0.25, 0.3) is 11.6 Å². The number of aliphatic hydroxyl groups is 1. The molecule has 1 aromatic rings. The summed E-state index contributed by atoms with van der Waals surface area (Å²) in [4.78, 5) is 36.2. The summed E-state index contributed by atoms with van der Waals surface area (Å²) < 4.78 is 0. The smallest absolute Gasteiger partial charge is 0.270 e. The number of carbonyl (C=O) groups is 2. The predicted molar refractivity (Wildman–Crippen MR) is 88.6 cm³/mol. The molecule has 0 saturated carbocycles. The maximum atomic E-state index is 12.4. The van der Waals surface area contributed by atoms with Crippen LogP contribution in [0.3, 0.4) is 0 Å². The van der Waals surface area contributed by atoms with Crippen molar-refractivity contribution in [3.05, 3.63) is 39.9 Å². The minimum absolute atomic E-state index is 0.117. The molecule has 1 aromatic carbocycles. The number of nitro groups is 1. The van der Waals surface area contributed by atoms with E-state index in [-0.39, 0.29) is 30.3 Å². The first-order chi connectivity index (χ1) is 11.4. The second-order valence-electron chi connectivity index (χ2n) is 5.41. The number of benzene rings is 1. The van der Waals surface area contributed by atoms with Crippen LogP contribution < -0.4 is 5.32 Å². The lowest BCUT2D eigenvalue weighted by molar-refractivity contribution is -0.384. The molecule has 0 aliphatic heterocycles. The zero-order valence-electron chi connectivity index (χ0n) is 13.9. The Morgan fingerprint density at radius 3 is 2.67 bits per heavy atom. The van der Waals surface area contributed by atoms with Gasteiger partial charge in [0.2, 0.25) is 5.91 Å². The van der Waals surface area contributed by atoms with Crippen LogP contribution in [0.15, 0.2) is 24.3 Å². The number of carbonyl (C=O) groups excluding carboxylic acids is 2. The Morgan fingerprint density at radius 1 is 1.38 bits per heavy atom. The number of non-ortho nitro benzene ring substituents is 1. The second kappa shape index (κ2) is 9.61. The first-order valence-corrected chi connectivity index (χ1v) is 7.85. The normalized spacial score (nSPS) is 11.6. The van der Waals surface area contributed by atoms with Gasteiger partial charge in [0.15, 0.2) is 0 Å². The van der Waals surface area contributed by atoms with E-state index in [9.17, 15) is 19.7 Å². The van der Waals surface area contributed by atoms with E-state index < -0.39 is 16.9 Å². The van der Waals surface area contributed by atoms with Gasteiger partial charge >= 0.3 is 0 Å². The molecule has 0 aromatic heterocycles. The fraction of sp³-hybridized carbons (Fsp3) is 0.500. The molecule has 0 radical (unpaired) electrons. The molecule has 0 heterocycles. The average Bonchev–Trinajstić information content (AvgIpc) is 2.57. The molecular weight excluding hydrogens is 314 g/mol. The molecule has 0 fully saturated rings. The van der Waals surface area contributed by atoms with Gasteiger partial charge in [0.1, 0.15) is 6.04 Å². The zero-order chi connectivity index (χ0) is 18.1. The Balaban J connectivity index is 2.75. The Bertz CT molecular complexity index is 591. The molecule has 1 atom stereocenters. The molecule has 1 rings (SSSR count). The number of nitro benzene ring substituents is 1. The Kier molecular flexibility index (Phi) is 7.84. The Hall–Kier alpha value is -2.48. The van der Waals surface area contributed by atoms with Crippen LogP contribution in [0.2, 0.25) is 0 Å². The van der Waals surface area contributed by atoms with Crippen LogP contribution >= 0.6 is 0 Å². The van der Waals surface area contributed by atoms with E-state index in [1.54, 1.807) is 6.92 Å². The molecule has 132 valence electrons. The van der Waals surface area contributed by atoms with Crippen molar-refractivity contribution in [1.29, 1.82) is 0 Å². The van der Waals surface area contributed by atoms with Gasteiger partial charge in [-0.25, -0.2) is 0 Å². The SMILES string of the molecule is CCCCN(CCO)C(=O)C(C)NC(=O)c1cccc([N+](=O)[O-])c1. The molecule has 1 unspecified atom stereocenters. The van der Waals surface area contributed by atoms with Crippen LogP contribution in [0, 0.1) is 10.1 Å². The molecule has 24 heavy (non-hydrogen) atoms. The summed E-state index contributed by atoms with van der Waals surface area (Å²) in [6, 6.07) is 4.52. The van der Waals surface area contributed by atoms with E-state index in [0.717, 1.165) is 18.9 Å². The van der Waals surface area contributed by atoms with Crippen molar-refractivity contribution in [1.82, 2.24) is 10.2 Å². The highest BCUT2D eigenvalue weighted by atomic mass is 16.6. The first kappa shape index (κ1) is 19.6. The highest BCUT2D eigenvalue weighted by Crippen LogP contribution is 2.13. The van der Waals surface area contributed by atoms with Gasteiger partial charge in [-0.1, -0.05) is 19.4 Å². The molecular formula is C16H23N3O5. The average molecular weight is 337 g/mol.